The van der Waals surface area contributed by atoms with Gasteiger partial charge in [-0.05, 0) is 48.4 Å². The molecule has 0 spiro atoms. The van der Waals surface area contributed by atoms with Crippen LogP contribution in [0.4, 0.5) is 5.82 Å². The number of methoxy groups -OCH3 is 1. The highest BCUT2D eigenvalue weighted by atomic mass is 35.5. The van der Waals surface area contributed by atoms with Gasteiger partial charge in [0.15, 0.2) is 0 Å². The third-order valence-corrected chi connectivity index (χ3v) is 5.63. The van der Waals surface area contributed by atoms with Crippen LogP contribution >= 0.6 is 11.6 Å². The minimum absolute atomic E-state index is 0.0129. The molecule has 0 radical (unpaired) electrons. The average molecular weight is 422 g/mol. The zero-order valence-corrected chi connectivity index (χ0v) is 17.9. The van der Waals surface area contributed by atoms with Gasteiger partial charge in [-0.15, -0.1) is 0 Å². The van der Waals surface area contributed by atoms with Gasteiger partial charge in [-0.2, -0.15) is 0 Å². The van der Waals surface area contributed by atoms with Gasteiger partial charge in [0.2, 0.25) is 5.91 Å². The summed E-state index contributed by atoms with van der Waals surface area (Å²) < 4.78 is 5.49. The summed E-state index contributed by atoms with van der Waals surface area (Å²) in [5, 5.41) is 1.76. The molecular weight excluding hydrogens is 398 g/mol. The Bertz CT molecular complexity index is 1100. The van der Waals surface area contributed by atoms with Crippen molar-refractivity contribution in [2.75, 3.05) is 38.2 Å². The van der Waals surface area contributed by atoms with Crippen molar-refractivity contribution in [3.05, 3.63) is 70.8 Å². The highest BCUT2D eigenvalue weighted by molar-refractivity contribution is 6.30. The predicted molar refractivity (Wildman–Crippen MR) is 122 cm³/mol. The summed E-state index contributed by atoms with van der Waals surface area (Å²) in [7, 11) is 1.67. The molecule has 0 saturated carbocycles. The predicted octanol–water partition coefficient (Wildman–Crippen LogP) is 4.57. The number of aromatic nitrogens is 1. The zero-order chi connectivity index (χ0) is 21.1. The summed E-state index contributed by atoms with van der Waals surface area (Å²) in [6, 6.07) is 15.5. The standard InChI is InChI=1S/C24H24ClN3O2/c1-17-15-22(26-24-20(17)7-4-8-21(24)30-2)27-11-13-28(14-12-27)23(29)10-9-18-5-3-6-19(25)16-18/h3-10,15-16H,11-14H2,1-2H3/b10-9+. The fourth-order valence-electron chi connectivity index (χ4n) is 3.74. The SMILES string of the molecule is COc1cccc2c(C)cc(N3CCN(C(=O)/C=C/c4cccc(Cl)c4)CC3)nc12. The van der Waals surface area contributed by atoms with Crippen molar-refractivity contribution in [3.8, 4) is 5.75 Å². The highest BCUT2D eigenvalue weighted by Crippen LogP contribution is 2.29. The zero-order valence-electron chi connectivity index (χ0n) is 17.1. The molecule has 30 heavy (non-hydrogen) atoms. The molecule has 154 valence electrons. The first kappa shape index (κ1) is 20.2. The second-order valence-electron chi connectivity index (χ2n) is 7.35. The number of amides is 1. The van der Waals surface area contributed by atoms with Crippen molar-refractivity contribution in [2.45, 2.75) is 6.92 Å². The van der Waals surface area contributed by atoms with E-state index >= 15 is 0 Å². The van der Waals surface area contributed by atoms with Crippen LogP contribution in [-0.2, 0) is 4.79 Å². The molecule has 1 aliphatic heterocycles. The molecular formula is C24H24ClN3O2. The Morgan fingerprint density at radius 3 is 2.60 bits per heavy atom. The van der Waals surface area contributed by atoms with Gasteiger partial charge in [0.05, 0.1) is 7.11 Å². The van der Waals surface area contributed by atoms with E-state index in [1.165, 1.54) is 0 Å². The van der Waals surface area contributed by atoms with Crippen LogP contribution in [0.2, 0.25) is 5.02 Å². The molecule has 1 aliphatic rings. The number of hydrogen-bond acceptors (Lipinski definition) is 4. The van der Waals surface area contributed by atoms with Crippen LogP contribution in [0.5, 0.6) is 5.75 Å². The van der Waals surface area contributed by atoms with E-state index in [0.29, 0.717) is 18.1 Å². The number of hydrogen-bond donors (Lipinski definition) is 0. The summed E-state index contributed by atoms with van der Waals surface area (Å²) in [6.07, 6.45) is 3.42. The largest absolute Gasteiger partial charge is 0.494 e. The lowest BCUT2D eigenvalue weighted by Gasteiger charge is -2.35. The molecule has 6 heteroatoms. The van der Waals surface area contributed by atoms with Crippen molar-refractivity contribution in [1.29, 1.82) is 0 Å². The normalized spacial score (nSPS) is 14.5. The Hall–Kier alpha value is -3.05. The Morgan fingerprint density at radius 2 is 1.87 bits per heavy atom. The van der Waals surface area contributed by atoms with E-state index in [0.717, 1.165) is 46.7 Å². The van der Waals surface area contributed by atoms with Gasteiger partial charge in [-0.3, -0.25) is 4.79 Å². The summed E-state index contributed by atoms with van der Waals surface area (Å²) in [5.41, 5.74) is 2.95. The Balaban J connectivity index is 1.45. The molecule has 0 bridgehead atoms. The number of pyridine rings is 1. The summed E-state index contributed by atoms with van der Waals surface area (Å²) in [6.45, 7) is 4.88. The number of aryl methyl sites for hydroxylation is 1. The van der Waals surface area contributed by atoms with Crippen LogP contribution in [-0.4, -0.2) is 49.1 Å². The minimum atomic E-state index is 0.0129. The first-order valence-electron chi connectivity index (χ1n) is 9.97. The van der Waals surface area contributed by atoms with E-state index in [1.54, 1.807) is 19.3 Å². The van der Waals surface area contributed by atoms with Crippen molar-refractivity contribution >= 4 is 40.3 Å². The first-order chi connectivity index (χ1) is 14.5. The quantitative estimate of drug-likeness (QED) is 0.579. The van der Waals surface area contributed by atoms with E-state index < -0.39 is 0 Å². The molecule has 1 amide bonds. The molecule has 2 heterocycles. The number of piperazine rings is 1. The Morgan fingerprint density at radius 1 is 1.10 bits per heavy atom. The fourth-order valence-corrected chi connectivity index (χ4v) is 3.94. The molecule has 0 unspecified atom stereocenters. The van der Waals surface area contributed by atoms with Gasteiger partial charge in [-0.25, -0.2) is 4.98 Å². The van der Waals surface area contributed by atoms with Crippen molar-refractivity contribution in [1.82, 2.24) is 9.88 Å². The number of rotatable bonds is 4. The van der Waals surface area contributed by atoms with Crippen LogP contribution in [0.3, 0.4) is 0 Å². The second-order valence-corrected chi connectivity index (χ2v) is 7.79. The minimum Gasteiger partial charge on any atom is -0.494 e. The summed E-state index contributed by atoms with van der Waals surface area (Å²) in [4.78, 5) is 21.5. The summed E-state index contributed by atoms with van der Waals surface area (Å²) >= 11 is 6.00. The van der Waals surface area contributed by atoms with E-state index in [4.69, 9.17) is 21.3 Å². The molecule has 5 nitrogen and oxygen atoms in total. The molecule has 0 N–H and O–H groups in total. The lowest BCUT2D eigenvalue weighted by molar-refractivity contribution is -0.126. The van der Waals surface area contributed by atoms with Gasteiger partial charge in [0.1, 0.15) is 17.1 Å². The lowest BCUT2D eigenvalue weighted by Crippen LogP contribution is -2.48. The maximum Gasteiger partial charge on any atom is 0.246 e. The van der Waals surface area contributed by atoms with Crippen molar-refractivity contribution < 1.29 is 9.53 Å². The maximum atomic E-state index is 12.6. The molecule has 1 fully saturated rings. The molecule has 2 aromatic carbocycles. The van der Waals surface area contributed by atoms with Crippen LogP contribution in [0.15, 0.2) is 54.6 Å². The molecule has 3 aromatic rings. The molecule has 0 aliphatic carbocycles. The molecule has 1 aromatic heterocycles. The number of benzene rings is 2. The van der Waals surface area contributed by atoms with Gasteiger partial charge in [0.25, 0.3) is 0 Å². The third-order valence-electron chi connectivity index (χ3n) is 5.40. The van der Waals surface area contributed by atoms with Gasteiger partial charge in [0, 0.05) is 42.7 Å². The number of ether oxygens (including phenoxy) is 1. The number of halogens is 1. The maximum absolute atomic E-state index is 12.6. The van der Waals surface area contributed by atoms with Crippen LogP contribution in [0.1, 0.15) is 11.1 Å². The van der Waals surface area contributed by atoms with E-state index in [1.807, 2.05) is 41.3 Å². The topological polar surface area (TPSA) is 45.7 Å². The third kappa shape index (κ3) is 4.26. The lowest BCUT2D eigenvalue weighted by atomic mass is 10.1. The average Bonchev–Trinajstić information content (AvgIpc) is 2.77. The smallest absolute Gasteiger partial charge is 0.246 e. The molecule has 0 atom stereocenters. The van der Waals surface area contributed by atoms with E-state index in [9.17, 15) is 4.79 Å². The number of nitrogens with zero attached hydrogens (tertiary/aromatic N) is 3. The van der Waals surface area contributed by atoms with Gasteiger partial charge < -0.3 is 14.5 Å². The van der Waals surface area contributed by atoms with Gasteiger partial charge in [-0.1, -0.05) is 35.9 Å². The first-order valence-corrected chi connectivity index (χ1v) is 10.3. The van der Waals surface area contributed by atoms with E-state index in [2.05, 4.69) is 24.0 Å². The number of fused-ring (bicyclic) bond motifs is 1. The summed E-state index contributed by atoms with van der Waals surface area (Å²) in [5.74, 6) is 1.71. The Labute approximate surface area is 181 Å². The molecule has 1 saturated heterocycles. The number of para-hydroxylation sites is 1. The van der Waals surface area contributed by atoms with E-state index in [-0.39, 0.29) is 5.91 Å². The number of carbonyl (C=O) groups is 1. The van der Waals surface area contributed by atoms with Crippen LogP contribution < -0.4 is 9.64 Å². The second kappa shape index (κ2) is 8.76. The monoisotopic (exact) mass is 421 g/mol. The van der Waals surface area contributed by atoms with Crippen LogP contribution in [0, 0.1) is 6.92 Å². The van der Waals surface area contributed by atoms with Gasteiger partial charge >= 0.3 is 0 Å². The fraction of sp³-hybridized carbons (Fsp3) is 0.250. The highest BCUT2D eigenvalue weighted by Gasteiger charge is 2.21. The van der Waals surface area contributed by atoms with Crippen molar-refractivity contribution in [2.24, 2.45) is 0 Å². The van der Waals surface area contributed by atoms with Crippen molar-refractivity contribution in [3.63, 3.8) is 0 Å². The number of carbonyl (C=O) groups excluding carboxylic acids is 1. The molecule has 4 rings (SSSR count). The number of anilines is 1. The van der Waals surface area contributed by atoms with Crippen LogP contribution in [0.25, 0.3) is 17.0 Å². The Kier molecular flexibility index (Phi) is 5.91.